The molecule has 2 amide bonds. The van der Waals surface area contributed by atoms with Gasteiger partial charge < -0.3 is 15.2 Å². The van der Waals surface area contributed by atoms with Crippen LogP contribution < -0.4 is 5.32 Å². The normalized spacial score (nSPS) is 13.1. The number of nitrogens with one attached hydrogen (secondary N) is 2. The van der Waals surface area contributed by atoms with Gasteiger partial charge in [-0.2, -0.15) is 0 Å². The Balaban J connectivity index is 1.42. The Bertz CT molecular complexity index is 1030. The summed E-state index contributed by atoms with van der Waals surface area (Å²) in [6.45, 7) is 3.07. The number of amides is 2. The predicted octanol–water partition coefficient (Wildman–Crippen LogP) is 3.04. The summed E-state index contributed by atoms with van der Waals surface area (Å²) in [7, 11) is 0. The van der Waals surface area contributed by atoms with Crippen molar-refractivity contribution in [2.24, 2.45) is 0 Å². The van der Waals surface area contributed by atoms with Crippen molar-refractivity contribution >= 4 is 29.3 Å². The number of nitrogens with zero attached hydrogens (tertiary/aromatic N) is 3. The highest BCUT2D eigenvalue weighted by molar-refractivity contribution is 8.00. The number of rotatable bonds is 5. The van der Waals surface area contributed by atoms with E-state index in [1.807, 2.05) is 31.2 Å². The van der Waals surface area contributed by atoms with Crippen LogP contribution in [0.25, 0.3) is 0 Å². The number of H-pyrrole nitrogens is 1. The van der Waals surface area contributed by atoms with E-state index in [-0.39, 0.29) is 17.6 Å². The Labute approximate surface area is 172 Å². The maximum Gasteiger partial charge on any atom is 0.254 e. The lowest BCUT2D eigenvalue weighted by Crippen LogP contribution is -2.36. The molecule has 0 bridgehead atoms. The molecule has 0 saturated carbocycles. The van der Waals surface area contributed by atoms with Gasteiger partial charge in [-0.1, -0.05) is 6.07 Å². The van der Waals surface area contributed by atoms with Crippen LogP contribution in [-0.2, 0) is 17.8 Å². The lowest BCUT2D eigenvalue weighted by Gasteiger charge is -2.26. The zero-order chi connectivity index (χ0) is 20.2. The molecule has 0 spiro atoms. The van der Waals surface area contributed by atoms with Crippen LogP contribution in [0.5, 0.6) is 0 Å². The Morgan fingerprint density at radius 2 is 2.07 bits per heavy atom. The summed E-state index contributed by atoms with van der Waals surface area (Å²) in [4.78, 5) is 39.5. The molecule has 8 heteroatoms. The molecule has 0 saturated heterocycles. The average Bonchev–Trinajstić information content (AvgIpc) is 3.22. The predicted molar refractivity (Wildman–Crippen MR) is 112 cm³/mol. The van der Waals surface area contributed by atoms with Crippen molar-refractivity contribution in [2.45, 2.75) is 24.8 Å². The fourth-order valence-corrected chi connectivity index (χ4v) is 3.91. The minimum Gasteiger partial charge on any atom is -0.347 e. The molecule has 29 heavy (non-hydrogen) atoms. The van der Waals surface area contributed by atoms with Gasteiger partial charge in [0.25, 0.3) is 5.91 Å². The first-order chi connectivity index (χ1) is 14.1. The number of thioether (sulfide) groups is 1. The first-order valence-corrected chi connectivity index (χ1v) is 10.3. The van der Waals surface area contributed by atoms with Crippen LogP contribution in [0.4, 0.5) is 5.69 Å². The summed E-state index contributed by atoms with van der Waals surface area (Å²) in [5.74, 6) is 0.127. The van der Waals surface area contributed by atoms with Gasteiger partial charge in [0.05, 0.1) is 30.0 Å². The molecule has 2 N–H and O–H groups in total. The van der Waals surface area contributed by atoms with E-state index in [4.69, 9.17) is 0 Å². The maximum absolute atomic E-state index is 13.0. The zero-order valence-corrected chi connectivity index (χ0v) is 16.8. The van der Waals surface area contributed by atoms with Gasteiger partial charge in [-0.05, 0) is 36.8 Å². The second kappa shape index (κ2) is 8.48. The fourth-order valence-electron chi connectivity index (χ4n) is 3.23. The minimum absolute atomic E-state index is 0.0492. The number of aromatic amines is 1. The van der Waals surface area contributed by atoms with Crippen molar-refractivity contribution < 1.29 is 9.59 Å². The molecule has 0 aliphatic carbocycles. The molecule has 2 aromatic heterocycles. The third-order valence-electron chi connectivity index (χ3n) is 4.84. The SMILES string of the molecule is Cc1ccc(C(=O)N2CCc3nc[nH]c3C2)cc1NC(=O)CSc1ccncc1. The standard InChI is InChI=1S/C21H21N5O2S/c1-14-2-3-15(21(28)26-9-6-17-19(11-26)24-13-23-17)10-18(14)25-20(27)12-29-16-4-7-22-8-5-16/h2-5,7-8,10,13H,6,9,11-12H2,1H3,(H,23,24)(H,25,27). The van der Waals surface area contributed by atoms with Crippen molar-refractivity contribution in [3.05, 3.63) is 71.6 Å². The van der Waals surface area contributed by atoms with E-state index in [1.165, 1.54) is 11.8 Å². The van der Waals surface area contributed by atoms with Crippen molar-refractivity contribution in [1.82, 2.24) is 19.9 Å². The average molecular weight is 407 g/mol. The summed E-state index contributed by atoms with van der Waals surface area (Å²) < 4.78 is 0. The molecule has 3 aromatic rings. The fraction of sp³-hybridized carbons (Fsp3) is 0.238. The van der Waals surface area contributed by atoms with Crippen LogP contribution in [0.3, 0.4) is 0 Å². The number of imidazole rings is 1. The van der Waals surface area contributed by atoms with Crippen molar-refractivity contribution in [3.63, 3.8) is 0 Å². The lowest BCUT2D eigenvalue weighted by atomic mass is 10.1. The topological polar surface area (TPSA) is 91.0 Å². The Kier molecular flexibility index (Phi) is 5.62. The molecule has 4 rings (SSSR count). The van der Waals surface area contributed by atoms with Crippen LogP contribution in [0.1, 0.15) is 27.3 Å². The molecule has 3 heterocycles. The van der Waals surface area contributed by atoms with E-state index in [1.54, 1.807) is 29.7 Å². The van der Waals surface area contributed by atoms with E-state index >= 15 is 0 Å². The smallest absolute Gasteiger partial charge is 0.254 e. The van der Waals surface area contributed by atoms with Crippen molar-refractivity contribution in [1.29, 1.82) is 0 Å². The summed E-state index contributed by atoms with van der Waals surface area (Å²) in [5, 5.41) is 2.93. The number of carbonyl (C=O) groups is 2. The van der Waals surface area contributed by atoms with E-state index in [9.17, 15) is 9.59 Å². The van der Waals surface area contributed by atoms with Crippen LogP contribution in [-0.4, -0.2) is 44.0 Å². The molecule has 1 aliphatic heterocycles. The van der Waals surface area contributed by atoms with Gasteiger partial charge in [0, 0.05) is 41.5 Å². The van der Waals surface area contributed by atoms with Crippen LogP contribution in [0.2, 0.25) is 0 Å². The highest BCUT2D eigenvalue weighted by Crippen LogP contribution is 2.22. The van der Waals surface area contributed by atoms with Crippen LogP contribution in [0, 0.1) is 6.92 Å². The van der Waals surface area contributed by atoms with Crippen LogP contribution in [0.15, 0.2) is 53.9 Å². The first-order valence-electron chi connectivity index (χ1n) is 9.34. The van der Waals surface area contributed by atoms with Gasteiger partial charge >= 0.3 is 0 Å². The van der Waals surface area contributed by atoms with Crippen molar-refractivity contribution in [3.8, 4) is 0 Å². The van der Waals surface area contributed by atoms with Crippen LogP contribution >= 0.6 is 11.8 Å². The number of carbonyl (C=O) groups excluding carboxylic acids is 2. The summed E-state index contributed by atoms with van der Waals surface area (Å²) in [5.41, 5.74) is 4.15. The number of fused-ring (bicyclic) bond motifs is 1. The number of benzene rings is 1. The van der Waals surface area contributed by atoms with Gasteiger partial charge in [-0.3, -0.25) is 14.6 Å². The third kappa shape index (κ3) is 4.48. The van der Waals surface area contributed by atoms with Gasteiger partial charge in [-0.15, -0.1) is 11.8 Å². The quantitative estimate of drug-likeness (QED) is 0.635. The summed E-state index contributed by atoms with van der Waals surface area (Å²) >= 11 is 1.44. The Hall–Kier alpha value is -3.13. The summed E-state index contributed by atoms with van der Waals surface area (Å²) in [6.07, 6.45) is 5.81. The van der Waals surface area contributed by atoms with Gasteiger partial charge in [0.2, 0.25) is 5.91 Å². The van der Waals surface area contributed by atoms with Crippen molar-refractivity contribution in [2.75, 3.05) is 17.6 Å². The number of anilines is 1. The maximum atomic E-state index is 13.0. The number of aromatic nitrogens is 3. The molecule has 148 valence electrons. The number of hydrogen-bond donors (Lipinski definition) is 2. The van der Waals surface area contributed by atoms with Gasteiger partial charge in [0.1, 0.15) is 0 Å². The molecular weight excluding hydrogens is 386 g/mol. The number of aryl methyl sites for hydroxylation is 1. The van der Waals surface area contributed by atoms with Gasteiger partial charge in [0.15, 0.2) is 0 Å². The first kappa shape index (κ1) is 19.2. The molecule has 0 atom stereocenters. The summed E-state index contributed by atoms with van der Waals surface area (Å²) in [6, 6.07) is 9.17. The zero-order valence-electron chi connectivity index (χ0n) is 16.0. The molecule has 1 aromatic carbocycles. The highest BCUT2D eigenvalue weighted by atomic mass is 32.2. The second-order valence-corrected chi connectivity index (χ2v) is 7.90. The molecule has 7 nitrogen and oxygen atoms in total. The number of hydrogen-bond acceptors (Lipinski definition) is 5. The van der Waals surface area contributed by atoms with E-state index in [2.05, 4.69) is 20.3 Å². The van der Waals surface area contributed by atoms with E-state index in [0.717, 1.165) is 28.3 Å². The van der Waals surface area contributed by atoms with Gasteiger partial charge in [-0.25, -0.2) is 4.98 Å². The molecule has 0 unspecified atom stereocenters. The number of pyridine rings is 1. The van der Waals surface area contributed by atoms with E-state index in [0.29, 0.717) is 24.3 Å². The highest BCUT2D eigenvalue weighted by Gasteiger charge is 2.23. The molecular formula is C21H21N5O2S. The minimum atomic E-state index is -0.111. The molecule has 1 aliphatic rings. The monoisotopic (exact) mass is 407 g/mol. The Morgan fingerprint density at radius 1 is 1.24 bits per heavy atom. The Morgan fingerprint density at radius 3 is 2.90 bits per heavy atom. The second-order valence-electron chi connectivity index (χ2n) is 6.85. The molecule has 0 radical (unpaired) electrons. The third-order valence-corrected chi connectivity index (χ3v) is 5.85. The lowest BCUT2D eigenvalue weighted by molar-refractivity contribution is -0.113. The van der Waals surface area contributed by atoms with E-state index < -0.39 is 0 Å². The largest absolute Gasteiger partial charge is 0.347 e. The molecule has 0 fully saturated rings.